The first-order valence-corrected chi connectivity index (χ1v) is 9.79. The maximum atomic E-state index is 13.0. The summed E-state index contributed by atoms with van der Waals surface area (Å²) < 4.78 is 10.7. The minimum atomic E-state index is -0.589. The third-order valence-corrected chi connectivity index (χ3v) is 6.06. The molecular formula is C20H19N3O4S. The Bertz CT molecular complexity index is 930. The van der Waals surface area contributed by atoms with Gasteiger partial charge in [0.15, 0.2) is 0 Å². The van der Waals surface area contributed by atoms with Crippen molar-refractivity contribution in [1.29, 1.82) is 0 Å². The Hall–Kier alpha value is -2.84. The first kappa shape index (κ1) is 18.5. The molecule has 0 spiro atoms. The summed E-state index contributed by atoms with van der Waals surface area (Å²) in [5.74, 6) is 0.498. The zero-order valence-electron chi connectivity index (χ0n) is 15.2. The van der Waals surface area contributed by atoms with Gasteiger partial charge in [-0.15, -0.1) is 11.8 Å². The molecular weight excluding hydrogens is 378 g/mol. The molecule has 4 rings (SSSR count). The lowest BCUT2D eigenvalue weighted by Gasteiger charge is -2.48. The smallest absolute Gasteiger partial charge is 0.355 e. The molecule has 0 radical (unpaired) electrons. The Morgan fingerprint density at radius 2 is 1.96 bits per heavy atom. The summed E-state index contributed by atoms with van der Waals surface area (Å²) in [4.78, 5) is 30.8. The molecule has 28 heavy (non-hydrogen) atoms. The van der Waals surface area contributed by atoms with Crippen LogP contribution in [0.4, 0.5) is 0 Å². The van der Waals surface area contributed by atoms with Crippen LogP contribution >= 0.6 is 11.8 Å². The highest BCUT2D eigenvalue weighted by atomic mass is 32.2. The van der Waals surface area contributed by atoms with E-state index in [0.717, 1.165) is 22.4 Å². The van der Waals surface area contributed by atoms with Crippen molar-refractivity contribution in [1.82, 2.24) is 9.88 Å². The third kappa shape index (κ3) is 3.25. The van der Waals surface area contributed by atoms with Gasteiger partial charge in [-0.05, 0) is 35.4 Å². The number of pyridine rings is 1. The van der Waals surface area contributed by atoms with Crippen LogP contribution in [0, 0.1) is 0 Å². The van der Waals surface area contributed by atoms with Crippen molar-refractivity contribution in [3.63, 3.8) is 0 Å². The monoisotopic (exact) mass is 397 g/mol. The lowest BCUT2D eigenvalue weighted by Crippen LogP contribution is -2.68. The highest BCUT2D eigenvalue weighted by molar-refractivity contribution is 8.00. The summed E-state index contributed by atoms with van der Waals surface area (Å²) in [6.07, 6.45) is 3.31. The number of fused-ring (bicyclic) bond motifs is 1. The number of ether oxygens (including phenoxy) is 2. The van der Waals surface area contributed by atoms with Gasteiger partial charge in [0.2, 0.25) is 5.91 Å². The van der Waals surface area contributed by atoms with Crippen LogP contribution in [-0.4, -0.2) is 46.0 Å². The number of aromatic nitrogens is 1. The molecule has 8 heteroatoms. The second-order valence-electron chi connectivity index (χ2n) is 6.42. The van der Waals surface area contributed by atoms with E-state index in [9.17, 15) is 9.59 Å². The summed E-state index contributed by atoms with van der Waals surface area (Å²) in [7, 11) is 1.59. The average molecular weight is 397 g/mol. The van der Waals surface area contributed by atoms with E-state index in [0.29, 0.717) is 5.75 Å². The maximum Gasteiger partial charge on any atom is 0.355 e. The van der Waals surface area contributed by atoms with Gasteiger partial charge in [-0.3, -0.25) is 14.7 Å². The zero-order chi connectivity index (χ0) is 19.7. The SMILES string of the molecule is COc1ccc(COC(=O)C2=C(c3ccncc3)CS[C@H]3[C@H](N)C(=O)N23)cc1. The van der Waals surface area contributed by atoms with Gasteiger partial charge < -0.3 is 15.2 Å². The summed E-state index contributed by atoms with van der Waals surface area (Å²) in [5.41, 5.74) is 8.60. The Kier molecular flexibility index (Phi) is 5.06. The van der Waals surface area contributed by atoms with Gasteiger partial charge in [-0.25, -0.2) is 4.79 Å². The maximum absolute atomic E-state index is 13.0. The summed E-state index contributed by atoms with van der Waals surface area (Å²) >= 11 is 1.55. The van der Waals surface area contributed by atoms with Crippen LogP contribution in [0.25, 0.3) is 5.57 Å². The van der Waals surface area contributed by atoms with Gasteiger partial charge in [-0.1, -0.05) is 12.1 Å². The van der Waals surface area contributed by atoms with Crippen molar-refractivity contribution in [2.24, 2.45) is 5.73 Å². The molecule has 1 amide bonds. The first-order chi connectivity index (χ1) is 13.6. The molecule has 1 aromatic heterocycles. The average Bonchev–Trinajstić information content (AvgIpc) is 2.76. The van der Waals surface area contributed by atoms with Crippen molar-refractivity contribution in [2.45, 2.75) is 18.0 Å². The second-order valence-corrected chi connectivity index (χ2v) is 7.53. The molecule has 0 saturated carbocycles. The largest absolute Gasteiger partial charge is 0.497 e. The molecule has 2 aliphatic rings. The number of carbonyl (C=O) groups excluding carboxylic acids is 2. The molecule has 2 aromatic rings. The van der Waals surface area contributed by atoms with E-state index in [1.54, 1.807) is 43.4 Å². The van der Waals surface area contributed by atoms with Crippen molar-refractivity contribution >= 4 is 29.2 Å². The van der Waals surface area contributed by atoms with Crippen LogP contribution in [0.5, 0.6) is 5.75 Å². The van der Waals surface area contributed by atoms with Crippen molar-refractivity contribution < 1.29 is 19.1 Å². The van der Waals surface area contributed by atoms with E-state index in [4.69, 9.17) is 15.2 Å². The van der Waals surface area contributed by atoms with Crippen LogP contribution in [0.1, 0.15) is 11.1 Å². The van der Waals surface area contributed by atoms with Crippen LogP contribution < -0.4 is 10.5 Å². The number of nitrogens with two attached hydrogens (primary N) is 1. The van der Waals surface area contributed by atoms with Gasteiger partial charge in [0.1, 0.15) is 29.5 Å². The number of nitrogens with zero attached hydrogens (tertiary/aromatic N) is 2. The number of rotatable bonds is 5. The van der Waals surface area contributed by atoms with E-state index < -0.39 is 12.0 Å². The van der Waals surface area contributed by atoms with Gasteiger partial charge in [0.05, 0.1) is 7.11 Å². The number of methoxy groups -OCH3 is 1. The number of thioether (sulfide) groups is 1. The third-order valence-electron chi connectivity index (χ3n) is 4.76. The molecule has 2 atom stereocenters. The van der Waals surface area contributed by atoms with Crippen molar-refractivity contribution in [3.05, 3.63) is 65.6 Å². The number of benzene rings is 1. The van der Waals surface area contributed by atoms with E-state index in [1.165, 1.54) is 4.90 Å². The molecule has 0 aliphatic carbocycles. The fraction of sp³-hybridized carbons (Fsp3) is 0.250. The molecule has 7 nitrogen and oxygen atoms in total. The summed E-state index contributed by atoms with van der Waals surface area (Å²) in [6, 6.07) is 10.3. The van der Waals surface area contributed by atoms with Crippen LogP contribution in [0.2, 0.25) is 0 Å². The first-order valence-electron chi connectivity index (χ1n) is 8.74. The fourth-order valence-corrected chi connectivity index (χ4v) is 4.54. The molecule has 1 saturated heterocycles. The second kappa shape index (κ2) is 7.65. The lowest BCUT2D eigenvalue weighted by atomic mass is 10.00. The molecule has 1 aromatic carbocycles. The van der Waals surface area contributed by atoms with Gasteiger partial charge in [0.25, 0.3) is 0 Å². The van der Waals surface area contributed by atoms with Crippen LogP contribution in [0.15, 0.2) is 54.5 Å². The highest BCUT2D eigenvalue weighted by Crippen LogP contribution is 2.42. The molecule has 144 valence electrons. The van der Waals surface area contributed by atoms with Crippen LogP contribution in [-0.2, 0) is 20.9 Å². The molecule has 1 fully saturated rings. The van der Waals surface area contributed by atoms with Crippen molar-refractivity contribution in [2.75, 3.05) is 12.9 Å². The standard InChI is InChI=1S/C20H19N3O4S/c1-26-14-4-2-12(3-5-14)10-27-20(25)17-15(13-6-8-22-9-7-13)11-28-19-16(21)18(24)23(17)19/h2-9,16,19H,10-11,21H2,1H3/t16-,19+/m1/s1. The van der Waals surface area contributed by atoms with E-state index in [1.807, 2.05) is 24.3 Å². The molecule has 3 heterocycles. The number of hydrogen-bond acceptors (Lipinski definition) is 7. The van der Waals surface area contributed by atoms with Gasteiger partial charge >= 0.3 is 5.97 Å². The minimum Gasteiger partial charge on any atom is -0.497 e. The number of β-lactam (4-membered cyclic amide) rings is 1. The normalized spacial score (nSPS) is 21.1. The van der Waals surface area contributed by atoms with E-state index in [-0.39, 0.29) is 23.6 Å². The quantitative estimate of drug-likeness (QED) is 0.607. The minimum absolute atomic E-state index is 0.0991. The summed E-state index contributed by atoms with van der Waals surface area (Å²) in [6.45, 7) is 0.0991. The molecule has 2 aliphatic heterocycles. The van der Waals surface area contributed by atoms with Crippen molar-refractivity contribution in [3.8, 4) is 5.75 Å². The molecule has 2 N–H and O–H groups in total. The molecule has 0 bridgehead atoms. The topological polar surface area (TPSA) is 94.7 Å². The number of esters is 1. The van der Waals surface area contributed by atoms with E-state index in [2.05, 4.69) is 4.98 Å². The van der Waals surface area contributed by atoms with Gasteiger partial charge in [-0.2, -0.15) is 0 Å². The highest BCUT2D eigenvalue weighted by Gasteiger charge is 2.52. The van der Waals surface area contributed by atoms with E-state index >= 15 is 0 Å². The number of carbonyl (C=O) groups is 2. The van der Waals surface area contributed by atoms with Gasteiger partial charge in [0, 0.05) is 23.7 Å². The molecule has 0 unspecified atom stereocenters. The Labute approximate surface area is 166 Å². The number of hydrogen-bond donors (Lipinski definition) is 1. The Morgan fingerprint density at radius 3 is 2.64 bits per heavy atom. The Balaban J connectivity index is 1.60. The predicted molar refractivity (Wildman–Crippen MR) is 105 cm³/mol. The number of amides is 1. The fourth-order valence-electron chi connectivity index (χ4n) is 3.22. The Morgan fingerprint density at radius 1 is 1.25 bits per heavy atom. The summed E-state index contributed by atoms with van der Waals surface area (Å²) in [5, 5.41) is -0.235. The predicted octanol–water partition coefficient (Wildman–Crippen LogP) is 1.79. The lowest BCUT2D eigenvalue weighted by molar-refractivity contribution is -0.151. The zero-order valence-corrected chi connectivity index (χ0v) is 16.0. The van der Waals surface area contributed by atoms with Crippen LogP contribution in [0.3, 0.4) is 0 Å².